The van der Waals surface area contributed by atoms with Gasteiger partial charge in [0.25, 0.3) is 0 Å². The molecule has 0 spiro atoms. The van der Waals surface area contributed by atoms with Crippen molar-refractivity contribution in [1.82, 2.24) is 4.98 Å². The molecule has 0 aliphatic heterocycles. The molecule has 1 aromatic heterocycles. The van der Waals surface area contributed by atoms with Crippen molar-refractivity contribution in [2.45, 2.75) is 63.8 Å². The first kappa shape index (κ1) is 25.0. The van der Waals surface area contributed by atoms with E-state index in [1.54, 1.807) is 26.8 Å². The first-order valence-electron chi connectivity index (χ1n) is 12.5. The minimum absolute atomic E-state index is 0.130. The number of allylic oxidation sites excluding steroid dienone is 4. The van der Waals surface area contributed by atoms with Crippen LogP contribution in [0.5, 0.6) is 0 Å². The summed E-state index contributed by atoms with van der Waals surface area (Å²) in [6, 6.07) is 2.96. The number of hydrogen-bond donors (Lipinski definition) is 2. The number of nitrogens with zero attached hydrogens (tertiary/aromatic N) is 1. The monoisotopic (exact) mass is 497 g/mol. The summed E-state index contributed by atoms with van der Waals surface area (Å²) >= 11 is 0. The standard InChI is InChI=1S/C28H32FNO6/c1-16-12-21-20-5-4-18-13-19(32)6-9-25(18,2)27(20,29)22(33)14-26(21,3)28(16,23(34)15-31)36-24(35)17-7-10-30-11-8-17/h6-11,13,16,20-22,31,33H,4-5,12,14-15H2,1-3H3/t16-,20+,21+,22+,25+,26+,27+,28+/m1/s1. The number of aliphatic hydroxyl groups is 2. The van der Waals surface area contributed by atoms with Crippen LogP contribution < -0.4 is 0 Å². The molecule has 4 aliphatic carbocycles. The van der Waals surface area contributed by atoms with Gasteiger partial charge in [0.2, 0.25) is 5.78 Å². The van der Waals surface area contributed by atoms with Gasteiger partial charge in [-0.2, -0.15) is 0 Å². The average Bonchev–Trinajstić information content (AvgIpc) is 3.07. The topological polar surface area (TPSA) is 114 Å². The van der Waals surface area contributed by atoms with Crippen LogP contribution in [0.3, 0.4) is 0 Å². The van der Waals surface area contributed by atoms with E-state index in [1.165, 1.54) is 36.7 Å². The molecule has 4 aliphatic rings. The van der Waals surface area contributed by atoms with E-state index in [0.29, 0.717) is 24.8 Å². The molecule has 36 heavy (non-hydrogen) atoms. The van der Waals surface area contributed by atoms with E-state index < -0.39 is 64.3 Å². The fraction of sp³-hybridized carbons (Fsp3) is 0.571. The summed E-state index contributed by atoms with van der Waals surface area (Å²) in [5.41, 5.74) is -5.18. The zero-order chi connectivity index (χ0) is 26.1. The van der Waals surface area contributed by atoms with Gasteiger partial charge < -0.3 is 14.9 Å². The van der Waals surface area contributed by atoms with Crippen LogP contribution in [0, 0.1) is 28.6 Å². The fourth-order valence-electron chi connectivity index (χ4n) is 8.21. The number of halogens is 1. The Labute approximate surface area is 209 Å². The Bertz CT molecular complexity index is 1180. The lowest BCUT2D eigenvalue weighted by Crippen LogP contribution is -2.70. The number of aromatic nitrogens is 1. The second-order valence-corrected chi connectivity index (χ2v) is 11.3. The first-order chi connectivity index (χ1) is 17.0. The normalized spacial score (nSPS) is 43.2. The lowest BCUT2D eigenvalue weighted by Gasteiger charge is -2.62. The number of ketones is 2. The second kappa shape index (κ2) is 8.15. The van der Waals surface area contributed by atoms with Gasteiger partial charge in [0.05, 0.1) is 11.7 Å². The third-order valence-electron chi connectivity index (χ3n) is 9.91. The minimum atomic E-state index is -2.06. The number of aliphatic hydroxyl groups excluding tert-OH is 2. The average molecular weight is 498 g/mol. The van der Waals surface area contributed by atoms with Gasteiger partial charge in [-0.25, -0.2) is 9.18 Å². The van der Waals surface area contributed by atoms with Crippen LogP contribution in [0.4, 0.5) is 4.39 Å². The molecule has 0 bridgehead atoms. The molecular formula is C28H32FNO6. The zero-order valence-corrected chi connectivity index (χ0v) is 20.7. The number of carbonyl (C=O) groups excluding carboxylic acids is 3. The van der Waals surface area contributed by atoms with Gasteiger partial charge >= 0.3 is 5.97 Å². The SMILES string of the molecule is C[C@@H]1C[C@H]2[C@@H]3CCC4=CC(=O)C=C[C@]4(C)[C@@]3(F)[C@@H](O)C[C@]2(C)[C@@]1(OC(=O)c1ccncc1)C(=O)CO. The van der Waals surface area contributed by atoms with Gasteiger partial charge in [-0.15, -0.1) is 0 Å². The highest BCUT2D eigenvalue weighted by atomic mass is 19.1. The van der Waals surface area contributed by atoms with Crippen molar-refractivity contribution in [3.8, 4) is 0 Å². The molecule has 7 nitrogen and oxygen atoms in total. The predicted octanol–water partition coefficient (Wildman–Crippen LogP) is 3.16. The lowest BCUT2D eigenvalue weighted by molar-refractivity contribution is -0.219. The van der Waals surface area contributed by atoms with E-state index in [0.717, 1.165) is 0 Å². The van der Waals surface area contributed by atoms with E-state index in [1.807, 2.05) is 0 Å². The second-order valence-electron chi connectivity index (χ2n) is 11.3. The van der Waals surface area contributed by atoms with Crippen molar-refractivity contribution in [2.75, 3.05) is 6.61 Å². The van der Waals surface area contributed by atoms with Crippen LogP contribution >= 0.6 is 0 Å². The predicted molar refractivity (Wildman–Crippen MR) is 127 cm³/mol. The largest absolute Gasteiger partial charge is 0.446 e. The van der Waals surface area contributed by atoms with Crippen molar-refractivity contribution in [3.05, 3.63) is 53.9 Å². The molecule has 192 valence electrons. The zero-order valence-electron chi connectivity index (χ0n) is 20.7. The lowest BCUT2D eigenvalue weighted by atomic mass is 9.44. The maximum atomic E-state index is 17.4. The van der Waals surface area contributed by atoms with Gasteiger partial charge in [0.1, 0.15) is 6.61 Å². The van der Waals surface area contributed by atoms with Crippen molar-refractivity contribution in [1.29, 1.82) is 0 Å². The summed E-state index contributed by atoms with van der Waals surface area (Å²) in [7, 11) is 0. The summed E-state index contributed by atoms with van der Waals surface area (Å²) in [6.07, 6.45) is 6.98. The van der Waals surface area contributed by atoms with E-state index in [2.05, 4.69) is 4.98 Å². The van der Waals surface area contributed by atoms with Gasteiger partial charge in [0.15, 0.2) is 17.1 Å². The van der Waals surface area contributed by atoms with E-state index in [-0.39, 0.29) is 17.8 Å². The molecule has 3 saturated carbocycles. The fourth-order valence-corrected chi connectivity index (χ4v) is 8.21. The number of pyridine rings is 1. The van der Waals surface area contributed by atoms with Crippen LogP contribution in [-0.4, -0.2) is 56.7 Å². The molecule has 0 aromatic carbocycles. The van der Waals surface area contributed by atoms with Gasteiger partial charge in [-0.1, -0.05) is 25.5 Å². The Balaban J connectivity index is 1.61. The number of esters is 1. The van der Waals surface area contributed by atoms with Crippen LogP contribution in [-0.2, 0) is 14.3 Å². The maximum Gasteiger partial charge on any atom is 0.339 e. The molecule has 3 fully saturated rings. The highest BCUT2D eigenvalue weighted by molar-refractivity contribution is 6.01. The van der Waals surface area contributed by atoms with Crippen molar-refractivity contribution < 1.29 is 33.7 Å². The van der Waals surface area contributed by atoms with Crippen molar-refractivity contribution in [2.24, 2.45) is 28.6 Å². The minimum Gasteiger partial charge on any atom is -0.446 e. The number of Topliss-reactive ketones (excluding diaryl/α,β-unsaturated/α-hetero) is 1. The van der Waals surface area contributed by atoms with Gasteiger partial charge in [-0.3, -0.25) is 14.6 Å². The van der Waals surface area contributed by atoms with Crippen LogP contribution in [0.15, 0.2) is 48.3 Å². The summed E-state index contributed by atoms with van der Waals surface area (Å²) in [5.74, 6) is -3.11. The number of rotatable bonds is 4. The third-order valence-corrected chi connectivity index (χ3v) is 9.91. The molecule has 0 radical (unpaired) electrons. The molecule has 5 rings (SSSR count). The molecule has 1 aromatic rings. The summed E-state index contributed by atoms with van der Waals surface area (Å²) < 4.78 is 23.4. The van der Waals surface area contributed by atoms with Crippen LogP contribution in [0.1, 0.15) is 56.8 Å². The Morgan fingerprint density at radius 2 is 1.92 bits per heavy atom. The quantitative estimate of drug-likeness (QED) is 0.615. The van der Waals surface area contributed by atoms with Gasteiger partial charge in [-0.05, 0) is 62.8 Å². The number of fused-ring (bicyclic) bond motifs is 5. The number of ether oxygens (including phenoxy) is 1. The summed E-state index contributed by atoms with van der Waals surface area (Å²) in [6.45, 7) is 4.46. The maximum absolute atomic E-state index is 17.4. The molecule has 8 heteroatoms. The van der Waals surface area contributed by atoms with Crippen molar-refractivity contribution >= 4 is 17.5 Å². The van der Waals surface area contributed by atoms with E-state index in [9.17, 15) is 24.6 Å². The molecule has 0 amide bonds. The summed E-state index contributed by atoms with van der Waals surface area (Å²) in [4.78, 5) is 42.6. The third kappa shape index (κ3) is 2.97. The molecule has 8 atom stereocenters. The Kier molecular flexibility index (Phi) is 5.65. The van der Waals surface area contributed by atoms with E-state index >= 15 is 4.39 Å². The number of hydrogen-bond acceptors (Lipinski definition) is 7. The highest BCUT2D eigenvalue weighted by Gasteiger charge is 2.77. The number of alkyl halides is 1. The van der Waals surface area contributed by atoms with E-state index in [4.69, 9.17) is 4.74 Å². The molecule has 0 saturated heterocycles. The molecular weight excluding hydrogens is 465 g/mol. The number of carbonyl (C=O) groups is 3. The Hall–Kier alpha value is -2.71. The summed E-state index contributed by atoms with van der Waals surface area (Å²) in [5, 5.41) is 21.5. The van der Waals surface area contributed by atoms with Crippen molar-refractivity contribution in [3.63, 3.8) is 0 Å². The van der Waals surface area contributed by atoms with Crippen LogP contribution in [0.2, 0.25) is 0 Å². The molecule has 2 N–H and O–H groups in total. The van der Waals surface area contributed by atoms with Crippen LogP contribution in [0.25, 0.3) is 0 Å². The Morgan fingerprint density at radius 1 is 1.22 bits per heavy atom. The van der Waals surface area contributed by atoms with Gasteiger partial charge in [0, 0.05) is 35.1 Å². The smallest absolute Gasteiger partial charge is 0.339 e. The molecule has 0 unspecified atom stereocenters. The molecule has 1 heterocycles. The highest BCUT2D eigenvalue weighted by Crippen LogP contribution is 2.71. The Morgan fingerprint density at radius 3 is 2.58 bits per heavy atom. The first-order valence-corrected chi connectivity index (χ1v) is 12.5.